The number of amides is 2. The van der Waals surface area contributed by atoms with E-state index in [-0.39, 0.29) is 17.7 Å². The molecule has 6 heteroatoms. The van der Waals surface area contributed by atoms with Crippen molar-refractivity contribution < 1.29 is 9.59 Å². The second-order valence-corrected chi connectivity index (χ2v) is 9.09. The summed E-state index contributed by atoms with van der Waals surface area (Å²) >= 11 is 1.79. The normalized spacial score (nSPS) is 18.8. The molecule has 2 aliphatic heterocycles. The first-order chi connectivity index (χ1) is 14.1. The number of rotatable bonds is 4. The van der Waals surface area contributed by atoms with E-state index in [1.165, 1.54) is 4.88 Å². The van der Waals surface area contributed by atoms with Gasteiger partial charge in [0.05, 0.1) is 0 Å². The first-order valence-electron chi connectivity index (χ1n) is 10.5. The summed E-state index contributed by atoms with van der Waals surface area (Å²) in [5.41, 5.74) is 1.79. The monoisotopic (exact) mass is 411 g/mol. The molecule has 0 aliphatic carbocycles. The summed E-state index contributed by atoms with van der Waals surface area (Å²) in [6, 6.07) is 12.0. The van der Waals surface area contributed by atoms with Crippen molar-refractivity contribution in [3.8, 4) is 0 Å². The van der Waals surface area contributed by atoms with Crippen molar-refractivity contribution in [2.75, 3.05) is 39.3 Å². The molecule has 2 amide bonds. The summed E-state index contributed by atoms with van der Waals surface area (Å²) < 4.78 is 0. The number of aryl methyl sites for hydroxylation is 1. The average molecular weight is 412 g/mol. The third-order valence-electron chi connectivity index (χ3n) is 6.15. The number of piperidine rings is 1. The van der Waals surface area contributed by atoms with Gasteiger partial charge in [-0.3, -0.25) is 14.5 Å². The number of hydrogen-bond acceptors (Lipinski definition) is 4. The van der Waals surface area contributed by atoms with Crippen LogP contribution in [0.25, 0.3) is 0 Å². The molecule has 0 unspecified atom stereocenters. The van der Waals surface area contributed by atoms with Gasteiger partial charge in [0.15, 0.2) is 0 Å². The van der Waals surface area contributed by atoms with Crippen LogP contribution in [0.5, 0.6) is 0 Å². The second-order valence-electron chi connectivity index (χ2n) is 8.06. The first-order valence-corrected chi connectivity index (χ1v) is 11.4. The fraction of sp³-hybridized carbons (Fsp3) is 0.478. The third-order valence-corrected chi connectivity index (χ3v) is 7.01. The van der Waals surface area contributed by atoms with E-state index in [2.05, 4.69) is 22.4 Å². The predicted octanol–water partition coefficient (Wildman–Crippen LogP) is 3.25. The van der Waals surface area contributed by atoms with Crippen LogP contribution in [0.4, 0.5) is 0 Å². The molecule has 2 aromatic rings. The largest absolute Gasteiger partial charge is 0.340 e. The Morgan fingerprint density at radius 3 is 2.31 bits per heavy atom. The van der Waals surface area contributed by atoms with Gasteiger partial charge in [0.2, 0.25) is 5.91 Å². The number of carbonyl (C=O) groups is 2. The second kappa shape index (κ2) is 9.09. The quantitative estimate of drug-likeness (QED) is 0.776. The molecule has 0 bridgehead atoms. The van der Waals surface area contributed by atoms with Gasteiger partial charge in [0.25, 0.3) is 5.91 Å². The van der Waals surface area contributed by atoms with Crippen LogP contribution in [0.1, 0.15) is 33.6 Å². The minimum absolute atomic E-state index is 0.0553. The van der Waals surface area contributed by atoms with Crippen molar-refractivity contribution in [3.63, 3.8) is 0 Å². The molecule has 154 valence electrons. The summed E-state index contributed by atoms with van der Waals surface area (Å²) in [6.07, 6.45) is 1.54. The molecule has 4 rings (SSSR count). The maximum Gasteiger partial charge on any atom is 0.254 e. The van der Waals surface area contributed by atoms with Crippen molar-refractivity contribution >= 4 is 23.2 Å². The van der Waals surface area contributed by atoms with Crippen molar-refractivity contribution in [1.29, 1.82) is 0 Å². The highest BCUT2D eigenvalue weighted by molar-refractivity contribution is 7.09. The molecular weight excluding hydrogens is 382 g/mol. The third kappa shape index (κ3) is 4.70. The molecule has 5 nitrogen and oxygen atoms in total. The first kappa shape index (κ1) is 20.1. The lowest BCUT2D eigenvalue weighted by Gasteiger charge is -2.38. The molecule has 0 N–H and O–H groups in total. The molecule has 29 heavy (non-hydrogen) atoms. The molecule has 0 saturated carbocycles. The van der Waals surface area contributed by atoms with Crippen molar-refractivity contribution in [2.45, 2.75) is 26.3 Å². The van der Waals surface area contributed by atoms with Crippen LogP contribution in [0.2, 0.25) is 0 Å². The van der Waals surface area contributed by atoms with Gasteiger partial charge in [0.1, 0.15) is 0 Å². The Morgan fingerprint density at radius 2 is 1.66 bits per heavy atom. The number of thiophene rings is 1. The van der Waals surface area contributed by atoms with Crippen LogP contribution in [0, 0.1) is 12.8 Å². The van der Waals surface area contributed by atoms with Gasteiger partial charge in [-0.15, -0.1) is 11.3 Å². The molecule has 1 aromatic carbocycles. The lowest BCUT2D eigenvalue weighted by Crippen LogP contribution is -2.51. The van der Waals surface area contributed by atoms with E-state index in [1.54, 1.807) is 11.3 Å². The van der Waals surface area contributed by atoms with Gasteiger partial charge in [-0.25, -0.2) is 0 Å². The van der Waals surface area contributed by atoms with Crippen LogP contribution in [-0.2, 0) is 11.3 Å². The Hall–Kier alpha value is -2.18. The van der Waals surface area contributed by atoms with Gasteiger partial charge >= 0.3 is 0 Å². The minimum Gasteiger partial charge on any atom is -0.340 e. The van der Waals surface area contributed by atoms with Gasteiger partial charge in [-0.2, -0.15) is 0 Å². The molecular formula is C23H29N3O2S. The highest BCUT2D eigenvalue weighted by Gasteiger charge is 2.32. The van der Waals surface area contributed by atoms with Crippen LogP contribution >= 0.6 is 11.3 Å². The predicted molar refractivity (Wildman–Crippen MR) is 116 cm³/mol. The smallest absolute Gasteiger partial charge is 0.254 e. The van der Waals surface area contributed by atoms with Crippen molar-refractivity contribution in [2.24, 2.45) is 5.92 Å². The Morgan fingerprint density at radius 1 is 0.931 bits per heavy atom. The topological polar surface area (TPSA) is 43.9 Å². The molecule has 1 aromatic heterocycles. The minimum atomic E-state index is 0.0553. The van der Waals surface area contributed by atoms with Crippen molar-refractivity contribution in [3.05, 3.63) is 57.8 Å². The highest BCUT2D eigenvalue weighted by atomic mass is 32.1. The average Bonchev–Trinajstić information content (AvgIpc) is 3.27. The van der Waals surface area contributed by atoms with Crippen molar-refractivity contribution in [1.82, 2.24) is 14.7 Å². The van der Waals surface area contributed by atoms with Crippen LogP contribution in [0.3, 0.4) is 0 Å². The Bertz CT molecular complexity index is 836. The van der Waals surface area contributed by atoms with Crippen LogP contribution < -0.4 is 0 Å². The van der Waals surface area contributed by atoms with E-state index >= 15 is 0 Å². The van der Waals surface area contributed by atoms with Gasteiger partial charge in [-0.05, 0) is 42.8 Å². The molecule has 0 spiro atoms. The summed E-state index contributed by atoms with van der Waals surface area (Å²) in [6.45, 7) is 7.80. The van der Waals surface area contributed by atoms with Crippen LogP contribution in [0.15, 0.2) is 41.8 Å². The van der Waals surface area contributed by atoms with E-state index in [0.29, 0.717) is 13.1 Å². The Kier molecular flexibility index (Phi) is 6.31. The van der Waals surface area contributed by atoms with E-state index in [0.717, 1.165) is 56.7 Å². The number of carbonyl (C=O) groups excluding carboxylic acids is 2. The molecule has 2 saturated heterocycles. The molecule has 2 fully saturated rings. The lowest BCUT2D eigenvalue weighted by molar-refractivity contribution is -0.138. The number of piperazine rings is 1. The molecule has 0 radical (unpaired) electrons. The zero-order chi connectivity index (χ0) is 20.2. The van der Waals surface area contributed by atoms with Gasteiger partial charge in [-0.1, -0.05) is 24.3 Å². The van der Waals surface area contributed by atoms with E-state index in [9.17, 15) is 9.59 Å². The van der Waals surface area contributed by atoms with E-state index in [4.69, 9.17) is 0 Å². The maximum absolute atomic E-state index is 13.0. The van der Waals surface area contributed by atoms with Gasteiger partial charge < -0.3 is 9.80 Å². The molecule has 3 heterocycles. The Balaban J connectivity index is 1.25. The fourth-order valence-corrected chi connectivity index (χ4v) is 5.07. The van der Waals surface area contributed by atoms with E-state index < -0.39 is 0 Å². The fourth-order valence-electron chi connectivity index (χ4n) is 4.32. The Labute approximate surface area is 176 Å². The number of hydrogen-bond donors (Lipinski definition) is 0. The van der Waals surface area contributed by atoms with Gasteiger partial charge in [0, 0.05) is 62.2 Å². The summed E-state index contributed by atoms with van der Waals surface area (Å²) in [5.74, 6) is 0.430. The summed E-state index contributed by atoms with van der Waals surface area (Å²) in [5, 5.41) is 2.12. The lowest BCUT2D eigenvalue weighted by atomic mass is 9.94. The van der Waals surface area contributed by atoms with Crippen LogP contribution in [-0.4, -0.2) is 65.8 Å². The number of likely N-dealkylation sites (tertiary alicyclic amines) is 1. The number of benzene rings is 1. The van der Waals surface area contributed by atoms with E-state index in [1.807, 2.05) is 41.0 Å². The zero-order valence-electron chi connectivity index (χ0n) is 17.0. The SMILES string of the molecule is Cc1ccccc1C(=O)N1CCC(C(=O)N2CCN(Cc3cccs3)CC2)CC1. The summed E-state index contributed by atoms with van der Waals surface area (Å²) in [4.78, 5) is 33.5. The zero-order valence-corrected chi connectivity index (χ0v) is 17.9. The molecule has 2 aliphatic rings. The summed E-state index contributed by atoms with van der Waals surface area (Å²) in [7, 11) is 0. The maximum atomic E-state index is 13.0. The number of nitrogens with zero attached hydrogens (tertiary/aromatic N) is 3. The standard InChI is InChI=1S/C23H29N3O2S/c1-18-5-2-3-7-21(18)23(28)25-10-8-19(9-11-25)22(27)26-14-12-24(13-15-26)17-20-6-4-16-29-20/h2-7,16,19H,8-15,17H2,1H3. The molecule has 0 atom stereocenters. The highest BCUT2D eigenvalue weighted by Crippen LogP contribution is 2.23.